The molecule has 0 saturated carbocycles. The maximum atomic E-state index is 12.3. The van der Waals surface area contributed by atoms with Crippen molar-refractivity contribution in [1.29, 1.82) is 0 Å². The summed E-state index contributed by atoms with van der Waals surface area (Å²) in [6.45, 7) is 3.37. The van der Waals surface area contributed by atoms with Gasteiger partial charge in [-0.05, 0) is 18.6 Å². The number of aryl methyl sites for hydroxylation is 1. The summed E-state index contributed by atoms with van der Waals surface area (Å²) in [6.07, 6.45) is 3.75. The van der Waals surface area contributed by atoms with Gasteiger partial charge in [0.15, 0.2) is 0 Å². The highest BCUT2D eigenvalue weighted by Gasteiger charge is 2.14. The number of hydrogen-bond acceptors (Lipinski definition) is 1. The highest BCUT2D eigenvalue weighted by atomic mass is 16.2. The summed E-state index contributed by atoms with van der Waals surface area (Å²) < 4.78 is 1.89. The Morgan fingerprint density at radius 2 is 1.94 bits per heavy atom. The van der Waals surface area contributed by atoms with Crippen LogP contribution in [-0.2, 0) is 13.6 Å². The molecule has 0 bridgehead atoms. The summed E-state index contributed by atoms with van der Waals surface area (Å²) in [5.41, 5.74) is 1.90. The molecule has 0 unspecified atom stereocenters. The number of benzene rings is 1. The molecule has 0 aliphatic carbocycles. The third-order valence-corrected chi connectivity index (χ3v) is 2.96. The van der Waals surface area contributed by atoms with Gasteiger partial charge in [-0.25, -0.2) is 0 Å². The minimum Gasteiger partial charge on any atom is -0.356 e. The third-order valence-electron chi connectivity index (χ3n) is 2.96. The lowest BCUT2D eigenvalue weighted by Crippen LogP contribution is -2.30. The van der Waals surface area contributed by atoms with Gasteiger partial charge in [0.1, 0.15) is 0 Å². The van der Waals surface area contributed by atoms with Gasteiger partial charge in [-0.2, -0.15) is 0 Å². The van der Waals surface area contributed by atoms with Crippen LogP contribution in [0.1, 0.15) is 22.8 Å². The first-order valence-corrected chi connectivity index (χ1v) is 6.16. The summed E-state index contributed by atoms with van der Waals surface area (Å²) >= 11 is 0. The van der Waals surface area contributed by atoms with Gasteiger partial charge < -0.3 is 9.47 Å². The highest BCUT2D eigenvalue weighted by Crippen LogP contribution is 2.10. The summed E-state index contributed by atoms with van der Waals surface area (Å²) in [4.78, 5) is 14.2. The van der Waals surface area contributed by atoms with E-state index in [9.17, 15) is 4.79 Å². The zero-order valence-electron chi connectivity index (χ0n) is 10.8. The van der Waals surface area contributed by atoms with Crippen LogP contribution in [0, 0.1) is 0 Å². The van der Waals surface area contributed by atoms with E-state index < -0.39 is 0 Å². The summed E-state index contributed by atoms with van der Waals surface area (Å²) in [5.74, 6) is 0.0851. The first kappa shape index (κ1) is 12.4. The number of amides is 1. The lowest BCUT2D eigenvalue weighted by atomic mass is 10.2. The van der Waals surface area contributed by atoms with Gasteiger partial charge in [0.2, 0.25) is 0 Å². The zero-order chi connectivity index (χ0) is 13.0. The average Bonchev–Trinajstić information content (AvgIpc) is 2.83. The predicted molar refractivity (Wildman–Crippen MR) is 72.3 cm³/mol. The van der Waals surface area contributed by atoms with Crippen LogP contribution in [0.4, 0.5) is 0 Å². The molecular weight excluding hydrogens is 224 g/mol. The van der Waals surface area contributed by atoms with Crippen molar-refractivity contribution in [1.82, 2.24) is 9.47 Å². The van der Waals surface area contributed by atoms with Gasteiger partial charge >= 0.3 is 0 Å². The standard InChI is InChI=1S/C15H18N2O/c1-3-17(11-13-7-5-4-6-8-13)15(18)14-9-10-16(2)12-14/h4-10,12H,3,11H2,1-2H3. The summed E-state index contributed by atoms with van der Waals surface area (Å²) in [7, 11) is 1.92. The molecule has 18 heavy (non-hydrogen) atoms. The molecule has 2 rings (SSSR count). The minimum absolute atomic E-state index is 0.0851. The third kappa shape index (κ3) is 2.80. The van der Waals surface area contributed by atoms with Crippen molar-refractivity contribution in [3.8, 4) is 0 Å². The number of carbonyl (C=O) groups excluding carboxylic acids is 1. The van der Waals surface area contributed by atoms with E-state index in [2.05, 4.69) is 0 Å². The quantitative estimate of drug-likeness (QED) is 0.809. The molecule has 1 heterocycles. The van der Waals surface area contributed by atoms with Crippen LogP contribution in [0.25, 0.3) is 0 Å². The van der Waals surface area contributed by atoms with Crippen molar-refractivity contribution in [2.45, 2.75) is 13.5 Å². The predicted octanol–water partition coefficient (Wildman–Crippen LogP) is 2.69. The molecule has 94 valence electrons. The molecule has 0 aliphatic heterocycles. The Labute approximate surface area is 108 Å². The number of nitrogens with zero attached hydrogens (tertiary/aromatic N) is 2. The maximum absolute atomic E-state index is 12.3. The molecule has 2 aromatic rings. The molecule has 3 nitrogen and oxygen atoms in total. The van der Waals surface area contributed by atoms with Gasteiger partial charge in [-0.3, -0.25) is 4.79 Å². The van der Waals surface area contributed by atoms with Gasteiger partial charge in [0, 0.05) is 32.5 Å². The first-order chi connectivity index (χ1) is 8.70. The molecule has 1 aromatic carbocycles. The van der Waals surface area contributed by atoms with E-state index in [-0.39, 0.29) is 5.91 Å². The molecule has 0 atom stereocenters. The van der Waals surface area contributed by atoms with Crippen molar-refractivity contribution in [2.24, 2.45) is 7.05 Å². The molecule has 1 aromatic heterocycles. The van der Waals surface area contributed by atoms with Gasteiger partial charge in [0.25, 0.3) is 5.91 Å². The van der Waals surface area contributed by atoms with Crippen molar-refractivity contribution in [3.63, 3.8) is 0 Å². The maximum Gasteiger partial charge on any atom is 0.255 e. The van der Waals surface area contributed by atoms with E-state index in [0.717, 1.165) is 11.1 Å². The average molecular weight is 242 g/mol. The first-order valence-electron chi connectivity index (χ1n) is 6.16. The summed E-state index contributed by atoms with van der Waals surface area (Å²) in [6, 6.07) is 11.9. The Kier molecular flexibility index (Phi) is 3.82. The van der Waals surface area contributed by atoms with Crippen LogP contribution < -0.4 is 0 Å². The Bertz CT molecular complexity index is 516. The summed E-state index contributed by atoms with van der Waals surface area (Å²) in [5, 5.41) is 0. The second-order valence-corrected chi connectivity index (χ2v) is 4.37. The fourth-order valence-corrected chi connectivity index (χ4v) is 1.94. The molecule has 0 spiro atoms. The Hall–Kier alpha value is -2.03. The van der Waals surface area contributed by atoms with E-state index >= 15 is 0 Å². The van der Waals surface area contributed by atoms with Crippen LogP contribution in [0.5, 0.6) is 0 Å². The Morgan fingerprint density at radius 1 is 1.22 bits per heavy atom. The second-order valence-electron chi connectivity index (χ2n) is 4.37. The Morgan fingerprint density at radius 3 is 2.50 bits per heavy atom. The second kappa shape index (κ2) is 5.54. The normalized spacial score (nSPS) is 10.3. The van der Waals surface area contributed by atoms with Crippen molar-refractivity contribution >= 4 is 5.91 Å². The Balaban J connectivity index is 2.12. The fraction of sp³-hybridized carbons (Fsp3) is 0.267. The van der Waals surface area contributed by atoms with E-state index in [4.69, 9.17) is 0 Å². The lowest BCUT2D eigenvalue weighted by Gasteiger charge is -2.20. The largest absolute Gasteiger partial charge is 0.356 e. The SMILES string of the molecule is CCN(Cc1ccccc1)C(=O)c1ccn(C)c1. The molecule has 1 amide bonds. The monoisotopic (exact) mass is 242 g/mol. The molecule has 3 heteroatoms. The van der Waals surface area contributed by atoms with E-state index in [1.54, 1.807) is 0 Å². The van der Waals surface area contributed by atoms with E-state index in [0.29, 0.717) is 13.1 Å². The van der Waals surface area contributed by atoms with Crippen molar-refractivity contribution in [3.05, 3.63) is 59.9 Å². The van der Waals surface area contributed by atoms with Crippen LogP contribution >= 0.6 is 0 Å². The van der Waals surface area contributed by atoms with Crippen LogP contribution in [0.15, 0.2) is 48.8 Å². The smallest absolute Gasteiger partial charge is 0.255 e. The number of hydrogen-bond donors (Lipinski definition) is 0. The molecule has 0 fully saturated rings. The van der Waals surface area contributed by atoms with Crippen LogP contribution in [0.3, 0.4) is 0 Å². The van der Waals surface area contributed by atoms with E-state index in [1.165, 1.54) is 0 Å². The molecular formula is C15H18N2O. The minimum atomic E-state index is 0.0851. The number of carbonyl (C=O) groups is 1. The van der Waals surface area contributed by atoms with Crippen LogP contribution in [-0.4, -0.2) is 21.9 Å². The van der Waals surface area contributed by atoms with Gasteiger partial charge in [-0.1, -0.05) is 30.3 Å². The van der Waals surface area contributed by atoms with E-state index in [1.807, 2.05) is 72.2 Å². The molecule has 0 N–H and O–H groups in total. The van der Waals surface area contributed by atoms with Crippen molar-refractivity contribution in [2.75, 3.05) is 6.54 Å². The highest BCUT2D eigenvalue weighted by molar-refractivity contribution is 5.94. The van der Waals surface area contributed by atoms with Gasteiger partial charge in [-0.15, -0.1) is 0 Å². The zero-order valence-corrected chi connectivity index (χ0v) is 10.8. The number of aromatic nitrogens is 1. The number of rotatable bonds is 4. The van der Waals surface area contributed by atoms with Gasteiger partial charge in [0.05, 0.1) is 5.56 Å². The molecule has 0 saturated heterocycles. The fourth-order valence-electron chi connectivity index (χ4n) is 1.94. The molecule has 0 aliphatic rings. The van der Waals surface area contributed by atoms with Crippen molar-refractivity contribution < 1.29 is 4.79 Å². The molecule has 0 radical (unpaired) electrons. The topological polar surface area (TPSA) is 25.2 Å². The lowest BCUT2D eigenvalue weighted by molar-refractivity contribution is 0.0752. The van der Waals surface area contributed by atoms with Crippen LogP contribution in [0.2, 0.25) is 0 Å².